The molecule has 0 radical (unpaired) electrons. The zero-order valence-electron chi connectivity index (χ0n) is 57.9. The largest absolute Gasteiger partial charge is 0.472 e. The summed E-state index contributed by atoms with van der Waals surface area (Å²) in [6.07, 6.45) is 44.7. The lowest BCUT2D eigenvalue weighted by Crippen LogP contribution is -2.30. The summed E-state index contributed by atoms with van der Waals surface area (Å²) in [5.41, 5.74) is 0. The Morgan fingerprint density at radius 3 is 0.854 bits per heavy atom. The fourth-order valence-electron chi connectivity index (χ4n) is 10.5. The molecule has 89 heavy (non-hydrogen) atoms. The summed E-state index contributed by atoms with van der Waals surface area (Å²) in [5, 5.41) is 10.6. The topological polar surface area (TPSA) is 237 Å². The number of esters is 4. The van der Waals surface area contributed by atoms with Crippen molar-refractivity contribution in [1.82, 2.24) is 0 Å². The highest BCUT2D eigenvalue weighted by Gasteiger charge is 2.30. The highest BCUT2D eigenvalue weighted by molar-refractivity contribution is 7.47. The van der Waals surface area contributed by atoms with E-state index in [-0.39, 0.29) is 25.7 Å². The molecule has 0 saturated carbocycles. The number of aliphatic hydroxyl groups excluding tert-OH is 1. The molecule has 0 aromatic carbocycles. The number of carbonyl (C=O) groups is 4. The molecule has 0 aliphatic rings. The second kappa shape index (κ2) is 61.0. The van der Waals surface area contributed by atoms with Crippen molar-refractivity contribution in [2.24, 2.45) is 17.8 Å². The normalized spacial score (nSPS) is 14.5. The average molecular weight is 1310 g/mol. The molecule has 0 amide bonds. The van der Waals surface area contributed by atoms with Crippen molar-refractivity contribution in [1.29, 1.82) is 0 Å². The monoisotopic (exact) mass is 1310 g/mol. The molecule has 17 nitrogen and oxygen atoms in total. The van der Waals surface area contributed by atoms with Crippen LogP contribution in [-0.2, 0) is 65.4 Å². The van der Waals surface area contributed by atoms with Gasteiger partial charge in [-0.15, -0.1) is 0 Å². The molecule has 19 heteroatoms. The van der Waals surface area contributed by atoms with Gasteiger partial charge in [0.15, 0.2) is 12.2 Å². The van der Waals surface area contributed by atoms with Gasteiger partial charge in [-0.05, 0) is 43.4 Å². The summed E-state index contributed by atoms with van der Waals surface area (Å²) in [7, 11) is -9.90. The Morgan fingerprint density at radius 2 is 0.573 bits per heavy atom. The van der Waals surface area contributed by atoms with Crippen molar-refractivity contribution in [3.05, 3.63) is 0 Å². The van der Waals surface area contributed by atoms with Crippen molar-refractivity contribution >= 4 is 39.5 Å². The Bertz CT molecular complexity index is 1750. The first kappa shape index (κ1) is 87.1. The Morgan fingerprint density at radius 1 is 0.326 bits per heavy atom. The van der Waals surface area contributed by atoms with Gasteiger partial charge in [0.25, 0.3) is 0 Å². The summed E-state index contributed by atoms with van der Waals surface area (Å²) < 4.78 is 68.2. The fraction of sp³-hybridized carbons (Fsp3) is 0.943. The van der Waals surface area contributed by atoms with Crippen LogP contribution in [-0.4, -0.2) is 96.7 Å². The molecule has 6 atom stereocenters. The number of phosphoric acid groups is 2. The van der Waals surface area contributed by atoms with Gasteiger partial charge in [0.1, 0.15) is 19.3 Å². The van der Waals surface area contributed by atoms with Crippen molar-refractivity contribution in [2.75, 3.05) is 39.6 Å². The number of unbranched alkanes of at least 4 members (excludes halogenated alkanes) is 35. The lowest BCUT2D eigenvalue weighted by Gasteiger charge is -2.21. The molecule has 0 fully saturated rings. The molecule has 528 valence electrons. The van der Waals surface area contributed by atoms with Crippen LogP contribution in [0.3, 0.4) is 0 Å². The van der Waals surface area contributed by atoms with Gasteiger partial charge < -0.3 is 33.8 Å². The fourth-order valence-corrected chi connectivity index (χ4v) is 12.1. The van der Waals surface area contributed by atoms with Gasteiger partial charge in [-0.3, -0.25) is 37.3 Å². The first-order chi connectivity index (χ1) is 42.8. The van der Waals surface area contributed by atoms with Crippen LogP contribution in [0.1, 0.15) is 350 Å². The third-order valence-corrected chi connectivity index (χ3v) is 18.4. The van der Waals surface area contributed by atoms with Gasteiger partial charge in [-0.1, -0.05) is 299 Å². The zero-order chi connectivity index (χ0) is 65.9. The van der Waals surface area contributed by atoms with Crippen LogP contribution in [0.2, 0.25) is 0 Å². The summed E-state index contributed by atoms with van der Waals surface area (Å²) in [6.45, 7) is 11.7. The van der Waals surface area contributed by atoms with Crippen LogP contribution in [0.4, 0.5) is 0 Å². The molecule has 0 aromatic rings. The van der Waals surface area contributed by atoms with E-state index in [2.05, 4.69) is 48.5 Å². The first-order valence-corrected chi connectivity index (χ1v) is 39.4. The minimum absolute atomic E-state index is 0.102. The highest BCUT2D eigenvalue weighted by Crippen LogP contribution is 2.45. The predicted molar refractivity (Wildman–Crippen MR) is 358 cm³/mol. The molecule has 0 aliphatic carbocycles. The Hall–Kier alpha value is -1.94. The quantitative estimate of drug-likeness (QED) is 0.0222. The van der Waals surface area contributed by atoms with E-state index in [9.17, 15) is 43.2 Å². The van der Waals surface area contributed by atoms with E-state index in [0.29, 0.717) is 31.6 Å². The minimum atomic E-state index is -4.95. The zero-order valence-corrected chi connectivity index (χ0v) is 59.7. The smallest absolute Gasteiger partial charge is 0.462 e. The van der Waals surface area contributed by atoms with Gasteiger partial charge in [0, 0.05) is 25.7 Å². The summed E-state index contributed by atoms with van der Waals surface area (Å²) in [4.78, 5) is 72.5. The van der Waals surface area contributed by atoms with E-state index >= 15 is 0 Å². The Kier molecular flexibility index (Phi) is 59.6. The molecule has 0 rings (SSSR count). The number of phosphoric ester groups is 2. The van der Waals surface area contributed by atoms with Crippen LogP contribution in [0.15, 0.2) is 0 Å². The van der Waals surface area contributed by atoms with Crippen molar-refractivity contribution in [2.45, 2.75) is 369 Å². The number of aliphatic hydroxyl groups is 1. The third-order valence-electron chi connectivity index (χ3n) is 16.5. The van der Waals surface area contributed by atoms with E-state index in [4.69, 9.17) is 37.0 Å². The van der Waals surface area contributed by atoms with Gasteiger partial charge in [0.05, 0.1) is 26.4 Å². The van der Waals surface area contributed by atoms with E-state index in [1.54, 1.807) is 0 Å². The van der Waals surface area contributed by atoms with Gasteiger partial charge >= 0.3 is 39.5 Å². The Balaban J connectivity index is 5.22. The number of hydrogen-bond acceptors (Lipinski definition) is 15. The standard InChI is InChI=1S/C70H136O17P2/c1-8-10-11-12-13-14-15-16-17-18-19-20-21-22-23-30-39-46-53-69(74)86-65(57-80-67(72)51-44-37-29-25-24-27-34-41-48-61(3)4)59-84-88(76,77)82-55-64(71)56-83-89(78,79)85-60-66(87-70(75)54-47-40-31-26-28-35-42-49-62(5)6)58-81-68(73)52-45-38-33-32-36-43-50-63(7)9-2/h61-66,71H,8-60H2,1-7H3,(H,76,77)(H,78,79)/t63?,64-,65-,66-/m1/s1. The van der Waals surface area contributed by atoms with Crippen LogP contribution in [0.25, 0.3) is 0 Å². The van der Waals surface area contributed by atoms with Gasteiger partial charge in [0.2, 0.25) is 0 Å². The molecule has 0 bridgehead atoms. The van der Waals surface area contributed by atoms with Crippen LogP contribution < -0.4 is 0 Å². The molecular weight excluding hydrogens is 1170 g/mol. The molecule has 3 N–H and O–H groups in total. The highest BCUT2D eigenvalue weighted by atomic mass is 31.2. The van der Waals surface area contributed by atoms with Gasteiger partial charge in [-0.25, -0.2) is 9.13 Å². The summed E-state index contributed by atoms with van der Waals surface area (Å²) in [6, 6.07) is 0. The molecule has 0 aromatic heterocycles. The number of ether oxygens (including phenoxy) is 4. The Labute approximate surface area is 543 Å². The second-order valence-corrected chi connectivity index (χ2v) is 29.4. The van der Waals surface area contributed by atoms with Gasteiger partial charge in [-0.2, -0.15) is 0 Å². The lowest BCUT2D eigenvalue weighted by atomic mass is 10.00. The third kappa shape index (κ3) is 63.2. The van der Waals surface area contributed by atoms with Crippen LogP contribution in [0, 0.1) is 17.8 Å². The van der Waals surface area contributed by atoms with E-state index in [1.165, 1.54) is 154 Å². The van der Waals surface area contributed by atoms with Crippen LogP contribution >= 0.6 is 15.6 Å². The molecule has 0 aliphatic heterocycles. The molecule has 0 heterocycles. The lowest BCUT2D eigenvalue weighted by molar-refractivity contribution is -0.161. The number of rotatable bonds is 68. The summed E-state index contributed by atoms with van der Waals surface area (Å²) >= 11 is 0. The maximum atomic E-state index is 13.0. The maximum absolute atomic E-state index is 13.0. The van der Waals surface area contributed by atoms with E-state index in [0.717, 1.165) is 108 Å². The minimum Gasteiger partial charge on any atom is -0.462 e. The first-order valence-electron chi connectivity index (χ1n) is 36.4. The maximum Gasteiger partial charge on any atom is 0.472 e. The van der Waals surface area contributed by atoms with Crippen molar-refractivity contribution in [3.63, 3.8) is 0 Å². The van der Waals surface area contributed by atoms with Crippen LogP contribution in [0.5, 0.6) is 0 Å². The van der Waals surface area contributed by atoms with Crippen molar-refractivity contribution in [3.8, 4) is 0 Å². The van der Waals surface area contributed by atoms with E-state index in [1.807, 2.05) is 0 Å². The molecule has 3 unspecified atom stereocenters. The SMILES string of the molecule is CCCCCCCCCCCCCCCCCCCCC(=O)O[C@H](COC(=O)CCCCCCCCCCC(C)C)COP(=O)(O)OC[C@@H](O)COP(=O)(O)OC[C@@H](COC(=O)CCCCCCCCC(C)CC)OC(=O)CCCCCCCCCC(C)C. The van der Waals surface area contributed by atoms with E-state index < -0.39 is 97.5 Å². The molecular formula is C70H136O17P2. The van der Waals surface area contributed by atoms with Crippen molar-refractivity contribution < 1.29 is 80.2 Å². The molecule has 0 saturated heterocycles. The number of hydrogen-bond donors (Lipinski definition) is 3. The molecule has 0 spiro atoms. The predicted octanol–water partition coefficient (Wildman–Crippen LogP) is 19.8. The second-order valence-electron chi connectivity index (χ2n) is 26.5. The number of carbonyl (C=O) groups excluding carboxylic acids is 4. The average Bonchev–Trinajstić information content (AvgIpc) is 3.71. The summed E-state index contributed by atoms with van der Waals surface area (Å²) in [5.74, 6) is 0.0220.